The van der Waals surface area contributed by atoms with E-state index in [1.54, 1.807) is 4.68 Å². The maximum absolute atomic E-state index is 10.9. The van der Waals surface area contributed by atoms with Gasteiger partial charge in [-0.25, -0.2) is 8.42 Å². The van der Waals surface area contributed by atoms with Gasteiger partial charge >= 0.3 is 0 Å². The lowest BCUT2D eigenvalue weighted by Crippen LogP contribution is -2.15. The van der Waals surface area contributed by atoms with Crippen molar-refractivity contribution in [1.29, 1.82) is 0 Å². The van der Waals surface area contributed by atoms with E-state index in [9.17, 15) is 8.42 Å². The largest absolute Gasteiger partial charge is 0.271 e. The molecule has 0 saturated carbocycles. The highest BCUT2D eigenvalue weighted by atomic mass is 35.7. The maximum atomic E-state index is 10.9. The lowest BCUT2D eigenvalue weighted by atomic mass is 9.97. The normalized spacial score (nSPS) is 13.1. The highest BCUT2D eigenvalue weighted by Crippen LogP contribution is 2.18. The summed E-state index contributed by atoms with van der Waals surface area (Å²) in [6.45, 7) is 6.79. The van der Waals surface area contributed by atoms with Crippen molar-refractivity contribution in [1.82, 2.24) is 9.78 Å². The van der Waals surface area contributed by atoms with Gasteiger partial charge in [0.15, 0.2) is 0 Å². The van der Waals surface area contributed by atoms with E-state index in [1.165, 1.54) is 12.4 Å². The van der Waals surface area contributed by atoms with Crippen LogP contribution in [0.3, 0.4) is 0 Å². The molecule has 0 bridgehead atoms. The molecule has 4 nitrogen and oxygen atoms in total. The quantitative estimate of drug-likeness (QED) is 0.737. The second-order valence-corrected chi connectivity index (χ2v) is 6.94. The molecule has 14 heavy (non-hydrogen) atoms. The second-order valence-electron chi connectivity index (χ2n) is 4.37. The van der Waals surface area contributed by atoms with Gasteiger partial charge in [0.05, 0.1) is 6.20 Å². The predicted molar refractivity (Wildman–Crippen MR) is 54.7 cm³/mol. The summed E-state index contributed by atoms with van der Waals surface area (Å²) in [5, 5.41) is 3.92. The van der Waals surface area contributed by atoms with E-state index in [1.807, 2.05) is 20.8 Å². The van der Waals surface area contributed by atoms with E-state index in [4.69, 9.17) is 10.7 Å². The smallest absolute Gasteiger partial charge is 0.264 e. The Morgan fingerprint density at radius 3 is 2.43 bits per heavy atom. The summed E-state index contributed by atoms with van der Waals surface area (Å²) >= 11 is 0. The number of hydrogen-bond donors (Lipinski definition) is 0. The van der Waals surface area contributed by atoms with Crippen molar-refractivity contribution in [3.8, 4) is 0 Å². The molecule has 0 unspecified atom stereocenters. The van der Waals surface area contributed by atoms with Gasteiger partial charge in [-0.2, -0.15) is 5.10 Å². The van der Waals surface area contributed by atoms with Gasteiger partial charge in [-0.3, -0.25) is 4.68 Å². The molecule has 6 heteroatoms. The fourth-order valence-corrected chi connectivity index (χ4v) is 1.70. The summed E-state index contributed by atoms with van der Waals surface area (Å²) in [5.41, 5.74) is 0.0549. The van der Waals surface area contributed by atoms with Crippen LogP contribution in [0, 0.1) is 5.41 Å². The molecular formula is C8H13ClN2O2S. The molecule has 0 saturated heterocycles. The number of hydrogen-bond acceptors (Lipinski definition) is 3. The molecule has 0 amide bonds. The Hall–Kier alpha value is -0.550. The maximum Gasteiger partial charge on any atom is 0.264 e. The van der Waals surface area contributed by atoms with Gasteiger partial charge in [0.1, 0.15) is 4.90 Å². The van der Waals surface area contributed by atoms with Crippen LogP contribution in [0.25, 0.3) is 0 Å². The number of rotatable bonds is 2. The van der Waals surface area contributed by atoms with Crippen LogP contribution in [0.15, 0.2) is 17.3 Å². The van der Waals surface area contributed by atoms with Crippen molar-refractivity contribution < 1.29 is 8.42 Å². The summed E-state index contributed by atoms with van der Waals surface area (Å²) in [6.07, 6.45) is 2.70. The molecule has 0 N–H and O–H groups in total. The Labute approximate surface area is 88.3 Å². The van der Waals surface area contributed by atoms with Gasteiger partial charge in [-0.05, 0) is 5.41 Å². The first-order valence-electron chi connectivity index (χ1n) is 4.16. The molecule has 1 aromatic heterocycles. The standard InChI is InChI=1S/C8H13ClN2O2S/c1-8(2,3)6-11-5-7(4-10-11)14(9,12)13/h4-5H,6H2,1-3H3. The Morgan fingerprint density at radius 1 is 1.50 bits per heavy atom. The number of halogens is 1. The lowest BCUT2D eigenvalue weighted by Gasteiger charge is -2.17. The van der Waals surface area contributed by atoms with E-state index < -0.39 is 9.05 Å². The molecule has 0 aliphatic rings. The van der Waals surface area contributed by atoms with Gasteiger partial charge < -0.3 is 0 Å². The van der Waals surface area contributed by atoms with Crippen LogP contribution in [-0.4, -0.2) is 18.2 Å². The Morgan fingerprint density at radius 2 is 2.07 bits per heavy atom. The third-order valence-corrected chi connectivity index (χ3v) is 2.84. The predicted octanol–water partition coefficient (Wildman–Crippen LogP) is 1.86. The fraction of sp³-hybridized carbons (Fsp3) is 0.625. The highest BCUT2D eigenvalue weighted by Gasteiger charge is 2.16. The van der Waals surface area contributed by atoms with Gasteiger partial charge in [0.25, 0.3) is 9.05 Å². The first-order chi connectivity index (χ1) is 6.18. The van der Waals surface area contributed by atoms with Crippen LogP contribution >= 0.6 is 10.7 Å². The van der Waals surface area contributed by atoms with Crippen LogP contribution in [0.2, 0.25) is 0 Å². The number of nitrogens with zero attached hydrogens (tertiary/aromatic N) is 2. The van der Waals surface area contributed by atoms with Crippen molar-refractivity contribution in [2.24, 2.45) is 5.41 Å². The first-order valence-corrected chi connectivity index (χ1v) is 6.46. The first kappa shape index (κ1) is 11.5. The monoisotopic (exact) mass is 236 g/mol. The van der Waals surface area contributed by atoms with E-state index in [0.717, 1.165) is 0 Å². The summed E-state index contributed by atoms with van der Waals surface area (Å²) < 4.78 is 23.4. The summed E-state index contributed by atoms with van der Waals surface area (Å²) in [4.78, 5) is 0.0448. The van der Waals surface area contributed by atoms with Crippen LogP contribution in [0.1, 0.15) is 20.8 Å². The molecule has 0 aliphatic carbocycles. The van der Waals surface area contributed by atoms with Crippen LogP contribution in [-0.2, 0) is 15.6 Å². The van der Waals surface area contributed by atoms with E-state index >= 15 is 0 Å². The molecule has 1 rings (SSSR count). The van der Waals surface area contributed by atoms with Crippen molar-refractivity contribution in [3.05, 3.63) is 12.4 Å². The second kappa shape index (κ2) is 3.55. The average molecular weight is 237 g/mol. The van der Waals surface area contributed by atoms with E-state index in [2.05, 4.69) is 5.10 Å². The minimum Gasteiger partial charge on any atom is -0.271 e. The van der Waals surface area contributed by atoms with Gasteiger partial charge in [-0.15, -0.1) is 0 Å². The zero-order valence-corrected chi connectivity index (χ0v) is 9.93. The van der Waals surface area contributed by atoms with E-state index in [0.29, 0.717) is 6.54 Å². The van der Waals surface area contributed by atoms with Gasteiger partial charge in [-0.1, -0.05) is 20.8 Å². The van der Waals surface area contributed by atoms with Crippen molar-refractivity contribution in [2.45, 2.75) is 32.2 Å². The van der Waals surface area contributed by atoms with Crippen LogP contribution < -0.4 is 0 Å². The summed E-state index contributed by atoms with van der Waals surface area (Å²) in [6, 6.07) is 0. The van der Waals surface area contributed by atoms with Crippen LogP contribution in [0.4, 0.5) is 0 Å². The molecule has 0 spiro atoms. The Balaban J connectivity index is 2.90. The Bertz CT molecular complexity index is 417. The molecule has 0 atom stereocenters. The molecule has 1 heterocycles. The minimum atomic E-state index is -3.65. The molecular weight excluding hydrogens is 224 g/mol. The van der Waals surface area contributed by atoms with Gasteiger partial charge in [0.2, 0.25) is 0 Å². The SMILES string of the molecule is CC(C)(C)Cn1cc(S(=O)(=O)Cl)cn1. The molecule has 80 valence electrons. The topological polar surface area (TPSA) is 52.0 Å². The molecule has 1 aromatic rings. The summed E-state index contributed by atoms with van der Waals surface area (Å²) in [7, 11) is 1.51. The van der Waals surface area contributed by atoms with E-state index in [-0.39, 0.29) is 10.3 Å². The third kappa shape index (κ3) is 3.31. The van der Waals surface area contributed by atoms with Crippen molar-refractivity contribution in [2.75, 3.05) is 0 Å². The molecule has 0 radical (unpaired) electrons. The highest BCUT2D eigenvalue weighted by molar-refractivity contribution is 8.13. The lowest BCUT2D eigenvalue weighted by molar-refractivity contribution is 0.325. The minimum absolute atomic E-state index is 0.0448. The fourth-order valence-electron chi connectivity index (χ4n) is 1.04. The zero-order chi connectivity index (χ0) is 11.0. The van der Waals surface area contributed by atoms with Crippen LogP contribution in [0.5, 0.6) is 0 Å². The molecule has 0 aliphatic heterocycles. The van der Waals surface area contributed by atoms with Crippen molar-refractivity contribution >= 4 is 19.7 Å². The zero-order valence-electron chi connectivity index (χ0n) is 8.36. The molecule has 0 aromatic carbocycles. The Kier molecular flexibility index (Phi) is 2.92. The molecule has 0 fully saturated rings. The van der Waals surface area contributed by atoms with Crippen molar-refractivity contribution in [3.63, 3.8) is 0 Å². The third-order valence-electron chi connectivity index (χ3n) is 1.53. The summed E-state index contributed by atoms with van der Waals surface area (Å²) in [5.74, 6) is 0. The number of aromatic nitrogens is 2. The van der Waals surface area contributed by atoms with Gasteiger partial charge in [0, 0.05) is 23.4 Å². The average Bonchev–Trinajstić information content (AvgIpc) is 2.29.